The quantitative estimate of drug-likeness (QED) is 0.771. The van der Waals surface area contributed by atoms with E-state index in [4.69, 9.17) is 34.8 Å². The Labute approximate surface area is 138 Å². The van der Waals surface area contributed by atoms with Crippen molar-refractivity contribution in [1.82, 2.24) is 5.43 Å². The van der Waals surface area contributed by atoms with Crippen molar-refractivity contribution in [2.45, 2.75) is 12.8 Å². The first-order valence-corrected chi connectivity index (χ1v) is 7.43. The standard InChI is InChI=1S/C15H13Cl3N2O/c16-11-8-12(17)15(13(18)9-11)20-19-14(21)7-6-10-4-2-1-3-5-10/h1-5,8-9,20H,6-7H2,(H,19,21). The second-order valence-electron chi connectivity index (χ2n) is 4.40. The molecule has 0 radical (unpaired) electrons. The molecule has 0 saturated heterocycles. The van der Waals surface area contributed by atoms with Gasteiger partial charge in [0.25, 0.3) is 0 Å². The number of halogens is 3. The second kappa shape index (κ2) is 7.55. The molecule has 0 atom stereocenters. The zero-order chi connectivity index (χ0) is 15.2. The summed E-state index contributed by atoms with van der Waals surface area (Å²) in [7, 11) is 0. The molecule has 1 amide bonds. The number of hydrazine groups is 1. The fraction of sp³-hybridized carbons (Fsp3) is 0.133. The summed E-state index contributed by atoms with van der Waals surface area (Å²) in [6.45, 7) is 0. The number of nitrogens with one attached hydrogen (secondary N) is 2. The Balaban J connectivity index is 1.87. The molecule has 21 heavy (non-hydrogen) atoms. The molecule has 0 spiro atoms. The zero-order valence-corrected chi connectivity index (χ0v) is 13.3. The molecule has 0 bridgehead atoms. The Bertz CT molecular complexity index is 609. The van der Waals surface area contributed by atoms with Gasteiger partial charge in [-0.15, -0.1) is 0 Å². The van der Waals surface area contributed by atoms with Crippen LogP contribution in [0.4, 0.5) is 5.69 Å². The maximum Gasteiger partial charge on any atom is 0.238 e. The van der Waals surface area contributed by atoms with E-state index in [-0.39, 0.29) is 5.91 Å². The summed E-state index contributed by atoms with van der Waals surface area (Å²) in [6.07, 6.45) is 1.02. The number of anilines is 1. The molecule has 2 rings (SSSR count). The monoisotopic (exact) mass is 342 g/mol. The normalized spacial score (nSPS) is 10.2. The number of aryl methyl sites for hydroxylation is 1. The lowest BCUT2D eigenvalue weighted by Gasteiger charge is -2.12. The summed E-state index contributed by atoms with van der Waals surface area (Å²) in [5.74, 6) is -0.152. The maximum atomic E-state index is 11.8. The largest absolute Gasteiger partial charge is 0.296 e. The molecule has 0 aliphatic rings. The van der Waals surface area contributed by atoms with Gasteiger partial charge in [0.1, 0.15) is 0 Å². The van der Waals surface area contributed by atoms with Crippen molar-refractivity contribution in [1.29, 1.82) is 0 Å². The van der Waals surface area contributed by atoms with Crippen LogP contribution in [-0.2, 0) is 11.2 Å². The first-order chi connectivity index (χ1) is 10.1. The summed E-state index contributed by atoms with van der Waals surface area (Å²) in [5.41, 5.74) is 6.83. The number of rotatable bonds is 5. The fourth-order valence-corrected chi connectivity index (χ4v) is 2.67. The first kappa shape index (κ1) is 16.0. The third-order valence-electron chi connectivity index (χ3n) is 2.82. The third-order valence-corrected chi connectivity index (χ3v) is 3.63. The van der Waals surface area contributed by atoms with E-state index in [9.17, 15) is 4.79 Å². The van der Waals surface area contributed by atoms with Gasteiger partial charge in [-0.2, -0.15) is 0 Å². The van der Waals surface area contributed by atoms with Gasteiger partial charge in [-0.3, -0.25) is 15.6 Å². The summed E-state index contributed by atoms with van der Waals surface area (Å²) in [4.78, 5) is 11.8. The number of amides is 1. The number of hydrogen-bond donors (Lipinski definition) is 2. The lowest BCUT2D eigenvalue weighted by atomic mass is 10.1. The van der Waals surface area contributed by atoms with E-state index in [0.717, 1.165) is 5.56 Å². The molecule has 0 aromatic heterocycles. The van der Waals surface area contributed by atoms with Gasteiger partial charge >= 0.3 is 0 Å². The fourth-order valence-electron chi connectivity index (χ4n) is 1.76. The molecule has 0 unspecified atom stereocenters. The Morgan fingerprint density at radius 3 is 2.24 bits per heavy atom. The predicted molar refractivity (Wildman–Crippen MR) is 88.0 cm³/mol. The molecular weight excluding hydrogens is 331 g/mol. The van der Waals surface area contributed by atoms with Gasteiger partial charge in [-0.1, -0.05) is 65.1 Å². The van der Waals surface area contributed by atoms with Crippen LogP contribution in [0.3, 0.4) is 0 Å². The molecule has 110 valence electrons. The highest BCUT2D eigenvalue weighted by Gasteiger charge is 2.09. The Morgan fingerprint density at radius 2 is 1.62 bits per heavy atom. The lowest BCUT2D eigenvalue weighted by Crippen LogP contribution is -2.29. The van der Waals surface area contributed by atoms with E-state index in [2.05, 4.69) is 10.9 Å². The summed E-state index contributed by atoms with van der Waals surface area (Å²) in [5, 5.41) is 1.12. The van der Waals surface area contributed by atoms with Crippen LogP contribution < -0.4 is 10.9 Å². The lowest BCUT2D eigenvalue weighted by molar-refractivity contribution is -0.120. The molecule has 0 saturated carbocycles. The molecule has 0 heterocycles. The molecule has 6 heteroatoms. The van der Waals surface area contributed by atoms with Crippen LogP contribution in [-0.4, -0.2) is 5.91 Å². The van der Waals surface area contributed by atoms with E-state index in [1.165, 1.54) is 0 Å². The van der Waals surface area contributed by atoms with Crippen molar-refractivity contribution in [3.8, 4) is 0 Å². The van der Waals surface area contributed by atoms with Crippen molar-refractivity contribution in [3.05, 3.63) is 63.1 Å². The molecular formula is C15H13Cl3N2O. The molecule has 2 aromatic rings. The highest BCUT2D eigenvalue weighted by atomic mass is 35.5. The predicted octanol–water partition coefficient (Wildman–Crippen LogP) is 4.72. The molecule has 2 N–H and O–H groups in total. The molecule has 2 aromatic carbocycles. The van der Waals surface area contributed by atoms with Gasteiger partial charge in [-0.05, 0) is 24.1 Å². The van der Waals surface area contributed by atoms with Gasteiger partial charge in [0.15, 0.2) is 0 Å². The van der Waals surface area contributed by atoms with E-state index < -0.39 is 0 Å². The van der Waals surface area contributed by atoms with Gasteiger partial charge in [-0.25, -0.2) is 0 Å². The number of benzene rings is 2. The second-order valence-corrected chi connectivity index (χ2v) is 5.65. The van der Waals surface area contributed by atoms with E-state index in [0.29, 0.717) is 33.6 Å². The van der Waals surface area contributed by atoms with Crippen molar-refractivity contribution < 1.29 is 4.79 Å². The average molecular weight is 344 g/mol. The highest BCUT2D eigenvalue weighted by molar-refractivity contribution is 6.41. The third kappa shape index (κ3) is 4.81. The van der Waals surface area contributed by atoms with Crippen molar-refractivity contribution in [3.63, 3.8) is 0 Å². The van der Waals surface area contributed by atoms with Crippen LogP contribution in [0.25, 0.3) is 0 Å². The Morgan fingerprint density at radius 1 is 1.00 bits per heavy atom. The van der Waals surface area contributed by atoms with Crippen LogP contribution in [0.2, 0.25) is 15.1 Å². The summed E-state index contributed by atoms with van der Waals surface area (Å²) in [6, 6.07) is 12.9. The summed E-state index contributed by atoms with van der Waals surface area (Å²) < 4.78 is 0. The smallest absolute Gasteiger partial charge is 0.238 e. The average Bonchev–Trinajstić information content (AvgIpc) is 2.45. The van der Waals surface area contributed by atoms with Gasteiger partial charge < -0.3 is 0 Å². The number of carbonyl (C=O) groups is 1. The van der Waals surface area contributed by atoms with Gasteiger partial charge in [0, 0.05) is 11.4 Å². The molecule has 3 nitrogen and oxygen atoms in total. The Kier molecular flexibility index (Phi) is 5.74. The van der Waals surface area contributed by atoms with Gasteiger partial charge in [0.2, 0.25) is 5.91 Å². The Hall–Kier alpha value is -1.42. The van der Waals surface area contributed by atoms with E-state index in [1.54, 1.807) is 12.1 Å². The van der Waals surface area contributed by atoms with Crippen LogP contribution in [0.5, 0.6) is 0 Å². The number of hydrogen-bond acceptors (Lipinski definition) is 2. The van der Waals surface area contributed by atoms with Crippen molar-refractivity contribution in [2.75, 3.05) is 5.43 Å². The minimum atomic E-state index is -0.152. The van der Waals surface area contributed by atoms with Crippen molar-refractivity contribution in [2.24, 2.45) is 0 Å². The van der Waals surface area contributed by atoms with Crippen LogP contribution in [0, 0.1) is 0 Å². The number of carbonyl (C=O) groups excluding carboxylic acids is 1. The SMILES string of the molecule is O=C(CCc1ccccc1)NNc1c(Cl)cc(Cl)cc1Cl. The summed E-state index contributed by atoms with van der Waals surface area (Å²) >= 11 is 17.8. The van der Waals surface area contributed by atoms with E-state index >= 15 is 0 Å². The van der Waals surface area contributed by atoms with E-state index in [1.807, 2.05) is 30.3 Å². The molecule has 0 fully saturated rings. The van der Waals surface area contributed by atoms with Crippen LogP contribution in [0.15, 0.2) is 42.5 Å². The van der Waals surface area contributed by atoms with Gasteiger partial charge in [0.05, 0.1) is 15.7 Å². The van der Waals surface area contributed by atoms with Crippen molar-refractivity contribution >= 4 is 46.4 Å². The zero-order valence-electron chi connectivity index (χ0n) is 11.0. The minimum Gasteiger partial charge on any atom is -0.296 e. The topological polar surface area (TPSA) is 41.1 Å². The van der Waals surface area contributed by atoms with Crippen LogP contribution >= 0.6 is 34.8 Å². The highest BCUT2D eigenvalue weighted by Crippen LogP contribution is 2.33. The first-order valence-electron chi connectivity index (χ1n) is 6.29. The molecule has 0 aliphatic carbocycles. The minimum absolute atomic E-state index is 0.152. The molecule has 0 aliphatic heterocycles. The maximum absolute atomic E-state index is 11.8. The van der Waals surface area contributed by atoms with Crippen LogP contribution in [0.1, 0.15) is 12.0 Å².